The SMILES string of the molecule is C=CC[C@@H](N[S@@](=O)C(C)(C)C)c1cccc(-c2c([N+](=O)[O-])cnn2C)n1. The van der Waals surface area contributed by atoms with Gasteiger partial charge in [-0.15, -0.1) is 6.58 Å². The maximum absolute atomic E-state index is 12.5. The van der Waals surface area contributed by atoms with Crippen molar-refractivity contribution in [3.8, 4) is 11.4 Å². The Bertz CT molecular complexity index is 841. The monoisotopic (exact) mass is 377 g/mol. The Balaban J connectivity index is 2.43. The minimum Gasteiger partial charge on any atom is -0.259 e. The van der Waals surface area contributed by atoms with Crippen LogP contribution in [0, 0.1) is 10.1 Å². The van der Waals surface area contributed by atoms with E-state index in [0.29, 0.717) is 23.5 Å². The fourth-order valence-electron chi connectivity index (χ4n) is 2.34. The third kappa shape index (κ3) is 4.41. The minimum absolute atomic E-state index is 0.108. The van der Waals surface area contributed by atoms with E-state index >= 15 is 0 Å². The van der Waals surface area contributed by atoms with Crippen LogP contribution in [0.1, 0.15) is 38.9 Å². The highest BCUT2D eigenvalue weighted by atomic mass is 32.2. The summed E-state index contributed by atoms with van der Waals surface area (Å²) >= 11 is 0. The molecule has 8 nitrogen and oxygen atoms in total. The molecule has 0 saturated carbocycles. The second kappa shape index (κ2) is 7.88. The van der Waals surface area contributed by atoms with Gasteiger partial charge in [-0.05, 0) is 39.3 Å². The topological polar surface area (TPSA) is 103 Å². The van der Waals surface area contributed by atoms with E-state index in [0.717, 1.165) is 0 Å². The van der Waals surface area contributed by atoms with Crippen molar-refractivity contribution in [2.45, 2.75) is 38.0 Å². The molecule has 0 aliphatic rings. The molecule has 0 amide bonds. The van der Waals surface area contributed by atoms with E-state index in [1.807, 2.05) is 20.8 Å². The van der Waals surface area contributed by atoms with Crippen molar-refractivity contribution in [2.75, 3.05) is 0 Å². The Hall–Kier alpha value is -2.39. The molecule has 0 aliphatic heterocycles. The van der Waals surface area contributed by atoms with E-state index in [2.05, 4.69) is 21.4 Å². The van der Waals surface area contributed by atoms with Gasteiger partial charge >= 0.3 is 5.69 Å². The van der Waals surface area contributed by atoms with Crippen LogP contribution in [0.4, 0.5) is 5.69 Å². The zero-order valence-corrected chi connectivity index (χ0v) is 16.1. The predicted octanol–water partition coefficient (Wildman–Crippen LogP) is 3.06. The molecule has 2 aromatic rings. The number of hydrogen-bond donors (Lipinski definition) is 1. The lowest BCUT2D eigenvalue weighted by Crippen LogP contribution is -2.36. The molecule has 9 heteroatoms. The molecule has 0 saturated heterocycles. The summed E-state index contributed by atoms with van der Waals surface area (Å²) in [6.45, 7) is 9.39. The number of hydrogen-bond acceptors (Lipinski definition) is 5. The van der Waals surface area contributed by atoms with Crippen LogP contribution >= 0.6 is 0 Å². The van der Waals surface area contributed by atoms with Crippen molar-refractivity contribution in [3.63, 3.8) is 0 Å². The Morgan fingerprint density at radius 3 is 2.73 bits per heavy atom. The quantitative estimate of drug-likeness (QED) is 0.454. The highest BCUT2D eigenvalue weighted by molar-refractivity contribution is 7.84. The van der Waals surface area contributed by atoms with Gasteiger partial charge in [0.25, 0.3) is 0 Å². The zero-order chi connectivity index (χ0) is 19.5. The minimum atomic E-state index is -1.29. The van der Waals surface area contributed by atoms with Crippen LogP contribution in [0.2, 0.25) is 0 Å². The third-order valence-corrected chi connectivity index (χ3v) is 5.31. The van der Waals surface area contributed by atoms with E-state index in [1.54, 1.807) is 31.3 Å². The van der Waals surface area contributed by atoms with Gasteiger partial charge in [0.15, 0.2) is 5.69 Å². The first-order valence-electron chi connectivity index (χ1n) is 8.07. The number of nitro groups is 1. The fraction of sp³-hybridized carbons (Fsp3) is 0.412. The van der Waals surface area contributed by atoms with Gasteiger partial charge in [-0.2, -0.15) is 5.10 Å². The molecular weight excluding hydrogens is 354 g/mol. The zero-order valence-electron chi connectivity index (χ0n) is 15.3. The van der Waals surface area contributed by atoms with Crippen LogP contribution < -0.4 is 4.72 Å². The van der Waals surface area contributed by atoms with Crippen LogP contribution in [0.15, 0.2) is 37.1 Å². The van der Waals surface area contributed by atoms with Gasteiger partial charge in [-0.25, -0.2) is 13.9 Å². The molecule has 0 radical (unpaired) electrons. The van der Waals surface area contributed by atoms with Crippen molar-refractivity contribution < 1.29 is 9.13 Å². The summed E-state index contributed by atoms with van der Waals surface area (Å²) in [4.78, 5) is 15.3. The molecule has 2 aromatic heterocycles. The Kier molecular flexibility index (Phi) is 6.04. The van der Waals surface area contributed by atoms with Crippen LogP contribution in [0.25, 0.3) is 11.4 Å². The van der Waals surface area contributed by atoms with Gasteiger partial charge in [0.05, 0.1) is 38.1 Å². The van der Waals surface area contributed by atoms with Crippen molar-refractivity contribution in [3.05, 3.63) is 52.9 Å². The normalized spacial score (nSPS) is 14.0. The van der Waals surface area contributed by atoms with E-state index in [1.165, 1.54) is 10.9 Å². The number of rotatable bonds is 7. The number of pyridine rings is 1. The molecule has 0 unspecified atom stereocenters. The molecule has 0 aromatic carbocycles. The molecule has 0 fully saturated rings. The molecule has 2 rings (SSSR count). The molecule has 26 heavy (non-hydrogen) atoms. The van der Waals surface area contributed by atoms with Gasteiger partial charge in [0, 0.05) is 7.05 Å². The Labute approximate surface area is 155 Å². The molecule has 2 atom stereocenters. The second-order valence-corrected chi connectivity index (χ2v) is 8.78. The molecule has 0 bridgehead atoms. The van der Waals surface area contributed by atoms with Crippen molar-refractivity contribution >= 4 is 16.7 Å². The third-order valence-electron chi connectivity index (χ3n) is 3.69. The molecular formula is C17H23N5O3S. The first-order valence-corrected chi connectivity index (χ1v) is 9.22. The van der Waals surface area contributed by atoms with Crippen LogP contribution in [0.5, 0.6) is 0 Å². The lowest BCUT2D eigenvalue weighted by Gasteiger charge is -2.23. The van der Waals surface area contributed by atoms with Gasteiger partial charge < -0.3 is 0 Å². The number of aryl methyl sites for hydroxylation is 1. The number of nitrogens with zero attached hydrogens (tertiary/aromatic N) is 4. The summed E-state index contributed by atoms with van der Waals surface area (Å²) in [7, 11) is 0.337. The van der Waals surface area contributed by atoms with Crippen LogP contribution in [0.3, 0.4) is 0 Å². The summed E-state index contributed by atoms with van der Waals surface area (Å²) in [5.41, 5.74) is 1.29. The van der Waals surface area contributed by atoms with Crippen molar-refractivity contribution in [1.82, 2.24) is 19.5 Å². The summed E-state index contributed by atoms with van der Waals surface area (Å²) in [5.74, 6) is 0. The second-order valence-electron chi connectivity index (χ2n) is 6.78. The van der Waals surface area contributed by atoms with E-state index in [9.17, 15) is 14.3 Å². The highest BCUT2D eigenvalue weighted by Gasteiger charge is 2.25. The predicted molar refractivity (Wildman–Crippen MR) is 102 cm³/mol. The summed E-state index contributed by atoms with van der Waals surface area (Å²) < 4.78 is 16.5. The van der Waals surface area contributed by atoms with Crippen LogP contribution in [-0.4, -0.2) is 28.6 Å². The molecule has 140 valence electrons. The van der Waals surface area contributed by atoms with Crippen molar-refractivity contribution in [1.29, 1.82) is 0 Å². The van der Waals surface area contributed by atoms with E-state index in [4.69, 9.17) is 0 Å². The van der Waals surface area contributed by atoms with E-state index in [-0.39, 0.29) is 11.7 Å². The van der Waals surface area contributed by atoms with Gasteiger partial charge in [-0.1, -0.05) is 12.1 Å². The van der Waals surface area contributed by atoms with Crippen LogP contribution in [-0.2, 0) is 18.0 Å². The van der Waals surface area contributed by atoms with Gasteiger partial charge in [-0.3, -0.25) is 14.8 Å². The Morgan fingerprint density at radius 2 is 2.15 bits per heavy atom. The average Bonchev–Trinajstić information content (AvgIpc) is 2.95. The van der Waals surface area contributed by atoms with Gasteiger partial charge in [0.2, 0.25) is 0 Å². The fourth-order valence-corrected chi connectivity index (χ4v) is 3.16. The lowest BCUT2D eigenvalue weighted by molar-refractivity contribution is -0.384. The maximum Gasteiger partial charge on any atom is 0.316 e. The standard InChI is InChI=1S/C17H23N5O3S/c1-6-8-13(20-26(25)17(2,3)4)12-9-7-10-14(19-12)16-15(22(23)24)11-18-21(16)5/h6-7,9-11,13,20H,1,8H2,2-5H3/t13-,26+/m1/s1. The average molecular weight is 377 g/mol. The summed E-state index contributed by atoms with van der Waals surface area (Å²) in [6, 6.07) is 4.94. The maximum atomic E-state index is 12.5. The smallest absolute Gasteiger partial charge is 0.259 e. The number of nitrogens with one attached hydrogen (secondary N) is 1. The first kappa shape index (κ1) is 19.9. The molecule has 2 heterocycles. The lowest BCUT2D eigenvalue weighted by atomic mass is 10.1. The molecule has 1 N–H and O–H groups in total. The van der Waals surface area contributed by atoms with Gasteiger partial charge in [0.1, 0.15) is 6.20 Å². The summed E-state index contributed by atoms with van der Waals surface area (Å²) in [5, 5.41) is 15.2. The highest BCUT2D eigenvalue weighted by Crippen LogP contribution is 2.29. The summed E-state index contributed by atoms with van der Waals surface area (Å²) in [6.07, 6.45) is 3.45. The number of aromatic nitrogens is 3. The Morgan fingerprint density at radius 1 is 1.46 bits per heavy atom. The first-order chi connectivity index (χ1) is 12.1. The largest absolute Gasteiger partial charge is 0.316 e. The van der Waals surface area contributed by atoms with Crippen molar-refractivity contribution in [2.24, 2.45) is 7.05 Å². The molecule has 0 spiro atoms. The van der Waals surface area contributed by atoms with E-state index < -0.39 is 20.7 Å². The molecule has 0 aliphatic carbocycles.